The van der Waals surface area contributed by atoms with Gasteiger partial charge in [0.05, 0.1) is 0 Å². The van der Waals surface area contributed by atoms with Crippen LogP contribution in [0.4, 0.5) is 0 Å². The Kier molecular flexibility index (Phi) is 11.9. The highest BCUT2D eigenvalue weighted by Crippen LogP contribution is 2.06. The second kappa shape index (κ2) is 12.0. The van der Waals surface area contributed by atoms with Crippen LogP contribution in [0.15, 0.2) is 0 Å². The third kappa shape index (κ3) is 10.2. The largest absolute Gasteiger partial charge is 0.353 e. The van der Waals surface area contributed by atoms with Crippen molar-refractivity contribution in [3.05, 3.63) is 0 Å². The molecule has 1 N–H and O–H groups in total. The van der Waals surface area contributed by atoms with Crippen LogP contribution in [0.1, 0.15) is 52.4 Å². The number of hydrogen-bond acceptors (Lipinski definition) is 2. The lowest BCUT2D eigenvalue weighted by atomic mass is 10.3. The maximum absolute atomic E-state index is 7.11. The van der Waals surface area contributed by atoms with Gasteiger partial charge in [-0.1, -0.05) is 26.7 Å². The summed E-state index contributed by atoms with van der Waals surface area (Å²) in [6.07, 6.45) is 6.14. The third-order valence-electron chi connectivity index (χ3n) is 2.22. The first-order valence-corrected chi connectivity index (χ1v) is 6.22. The van der Waals surface area contributed by atoms with Crippen LogP contribution in [0, 0.1) is 0 Å². The molecule has 0 aliphatic heterocycles. The zero-order valence-electron chi connectivity index (χ0n) is 10.3. The van der Waals surface area contributed by atoms with Crippen molar-refractivity contribution in [1.29, 1.82) is 0 Å². The molecule has 0 aliphatic rings. The summed E-state index contributed by atoms with van der Waals surface area (Å²) in [4.78, 5) is 0. The first kappa shape index (κ1) is 14.9. The third-order valence-corrected chi connectivity index (χ3v) is 2.22. The quantitative estimate of drug-likeness (QED) is 0.393. The molecule has 0 saturated carbocycles. The maximum Gasteiger partial charge on any atom is 0.157 e. The van der Waals surface area contributed by atoms with Crippen molar-refractivity contribution in [1.82, 2.24) is 5.73 Å². The lowest BCUT2D eigenvalue weighted by molar-refractivity contribution is -0.147. The molecule has 15 heavy (non-hydrogen) atoms. The summed E-state index contributed by atoms with van der Waals surface area (Å²) < 4.78 is 11.3. The molecule has 91 valence electrons. The molecule has 0 saturated heterocycles. The van der Waals surface area contributed by atoms with Gasteiger partial charge in [0.15, 0.2) is 6.29 Å². The van der Waals surface area contributed by atoms with Crippen LogP contribution >= 0.6 is 0 Å². The lowest BCUT2D eigenvalue weighted by Crippen LogP contribution is -2.19. The smallest absolute Gasteiger partial charge is 0.157 e. The summed E-state index contributed by atoms with van der Waals surface area (Å²) >= 11 is 0. The van der Waals surface area contributed by atoms with Gasteiger partial charge in [-0.15, -0.1) is 0 Å². The summed E-state index contributed by atoms with van der Waals surface area (Å²) in [7, 11) is 0. The fraction of sp³-hybridized carbons (Fsp3) is 1.00. The lowest BCUT2D eigenvalue weighted by Gasteiger charge is -2.18. The summed E-state index contributed by atoms with van der Waals surface area (Å²) in [5.74, 6) is 0. The minimum absolute atomic E-state index is 0.0755. The number of nitrogens with one attached hydrogen (secondary N) is 1. The van der Waals surface area contributed by atoms with Crippen molar-refractivity contribution in [2.24, 2.45) is 0 Å². The summed E-state index contributed by atoms with van der Waals surface area (Å²) in [6, 6.07) is 0. The number of rotatable bonds is 11. The van der Waals surface area contributed by atoms with Crippen LogP contribution in [-0.2, 0) is 9.47 Å². The molecular formula is C12H26NO2. The van der Waals surface area contributed by atoms with Crippen molar-refractivity contribution in [2.75, 3.05) is 19.8 Å². The van der Waals surface area contributed by atoms with E-state index in [0.717, 1.165) is 51.7 Å². The molecule has 0 aromatic heterocycles. The Hall–Kier alpha value is -0.120. The summed E-state index contributed by atoms with van der Waals surface area (Å²) in [5, 5.41) is 0. The second-order valence-electron chi connectivity index (χ2n) is 3.77. The first-order valence-electron chi connectivity index (χ1n) is 6.22. The Bertz CT molecular complexity index is 110. The molecule has 0 spiro atoms. The van der Waals surface area contributed by atoms with Gasteiger partial charge in [-0.2, -0.15) is 0 Å². The van der Waals surface area contributed by atoms with E-state index in [4.69, 9.17) is 15.2 Å². The zero-order chi connectivity index (χ0) is 11.4. The molecule has 0 rings (SSSR count). The SMILES string of the molecule is CCCCOC(CCC[NH])OCCCC. The van der Waals surface area contributed by atoms with Crippen LogP contribution in [0.2, 0.25) is 0 Å². The van der Waals surface area contributed by atoms with E-state index in [9.17, 15) is 0 Å². The van der Waals surface area contributed by atoms with E-state index in [0.29, 0.717) is 6.54 Å². The van der Waals surface area contributed by atoms with E-state index in [1.807, 2.05) is 0 Å². The van der Waals surface area contributed by atoms with Gasteiger partial charge in [0, 0.05) is 19.8 Å². The monoisotopic (exact) mass is 216 g/mol. The van der Waals surface area contributed by atoms with Gasteiger partial charge in [-0.05, 0) is 25.7 Å². The fourth-order valence-corrected chi connectivity index (χ4v) is 1.20. The topological polar surface area (TPSA) is 42.3 Å². The molecular weight excluding hydrogens is 190 g/mol. The van der Waals surface area contributed by atoms with Gasteiger partial charge in [0.25, 0.3) is 0 Å². The summed E-state index contributed by atoms with van der Waals surface area (Å²) in [5.41, 5.74) is 7.11. The molecule has 0 aromatic rings. The predicted molar refractivity (Wildman–Crippen MR) is 62.7 cm³/mol. The molecule has 0 heterocycles. The van der Waals surface area contributed by atoms with Crippen molar-refractivity contribution in [3.63, 3.8) is 0 Å². The molecule has 0 aliphatic carbocycles. The highest BCUT2D eigenvalue weighted by Gasteiger charge is 2.07. The fourth-order valence-electron chi connectivity index (χ4n) is 1.20. The van der Waals surface area contributed by atoms with Crippen LogP contribution in [0.3, 0.4) is 0 Å². The molecule has 0 fully saturated rings. The molecule has 1 radical (unpaired) electrons. The van der Waals surface area contributed by atoms with Gasteiger partial charge >= 0.3 is 0 Å². The number of unbranched alkanes of at least 4 members (excludes halogenated alkanes) is 2. The van der Waals surface area contributed by atoms with E-state index in [2.05, 4.69) is 13.8 Å². The van der Waals surface area contributed by atoms with Gasteiger partial charge in [0.1, 0.15) is 0 Å². The normalized spacial score (nSPS) is 11.2. The molecule has 3 nitrogen and oxygen atoms in total. The average molecular weight is 216 g/mol. The minimum atomic E-state index is -0.0755. The highest BCUT2D eigenvalue weighted by molar-refractivity contribution is 4.48. The minimum Gasteiger partial charge on any atom is -0.353 e. The van der Waals surface area contributed by atoms with Crippen LogP contribution < -0.4 is 5.73 Å². The van der Waals surface area contributed by atoms with Crippen LogP contribution in [0.25, 0.3) is 0 Å². The van der Waals surface area contributed by atoms with E-state index in [1.165, 1.54) is 0 Å². The Morgan fingerprint density at radius 1 is 0.933 bits per heavy atom. The average Bonchev–Trinajstić information content (AvgIpc) is 2.25. The molecule has 3 heteroatoms. The first-order chi connectivity index (χ1) is 7.35. The summed E-state index contributed by atoms with van der Waals surface area (Å²) in [6.45, 7) is 6.33. The van der Waals surface area contributed by atoms with Crippen molar-refractivity contribution in [2.45, 2.75) is 58.7 Å². The van der Waals surface area contributed by atoms with Crippen LogP contribution in [0.5, 0.6) is 0 Å². The Balaban J connectivity index is 3.53. The maximum atomic E-state index is 7.11. The molecule has 0 atom stereocenters. The van der Waals surface area contributed by atoms with Crippen molar-refractivity contribution < 1.29 is 9.47 Å². The van der Waals surface area contributed by atoms with E-state index >= 15 is 0 Å². The van der Waals surface area contributed by atoms with Gasteiger partial charge in [0.2, 0.25) is 0 Å². The van der Waals surface area contributed by atoms with E-state index < -0.39 is 0 Å². The standard InChI is InChI=1S/C12H26NO2/c1-3-5-10-14-12(8-7-9-13)15-11-6-4-2/h12-13H,3-11H2,1-2H3. The van der Waals surface area contributed by atoms with Crippen molar-refractivity contribution >= 4 is 0 Å². The van der Waals surface area contributed by atoms with E-state index in [1.54, 1.807) is 0 Å². The second-order valence-corrected chi connectivity index (χ2v) is 3.77. The Morgan fingerprint density at radius 2 is 1.47 bits per heavy atom. The van der Waals surface area contributed by atoms with Gasteiger partial charge in [-0.3, -0.25) is 5.73 Å². The molecule has 0 aromatic carbocycles. The van der Waals surface area contributed by atoms with Gasteiger partial charge < -0.3 is 9.47 Å². The molecule has 0 unspecified atom stereocenters. The zero-order valence-corrected chi connectivity index (χ0v) is 10.3. The Morgan fingerprint density at radius 3 is 1.87 bits per heavy atom. The highest BCUT2D eigenvalue weighted by atomic mass is 16.7. The number of hydrogen-bond donors (Lipinski definition) is 0. The predicted octanol–water partition coefficient (Wildman–Crippen LogP) is 3.01. The van der Waals surface area contributed by atoms with E-state index in [-0.39, 0.29) is 6.29 Å². The van der Waals surface area contributed by atoms with Gasteiger partial charge in [-0.25, -0.2) is 0 Å². The van der Waals surface area contributed by atoms with Crippen LogP contribution in [-0.4, -0.2) is 26.0 Å². The number of ether oxygens (including phenoxy) is 2. The molecule has 0 amide bonds. The Labute approximate surface area is 94.3 Å². The molecule has 0 bridgehead atoms. The van der Waals surface area contributed by atoms with Crippen molar-refractivity contribution in [3.8, 4) is 0 Å².